The van der Waals surface area contributed by atoms with Crippen LogP contribution in [0, 0.1) is 17.8 Å². The second-order valence-corrected chi connectivity index (χ2v) is 13.2. The predicted molar refractivity (Wildman–Crippen MR) is 188 cm³/mol. The summed E-state index contributed by atoms with van der Waals surface area (Å²) in [4.78, 5) is 60.8. The molecule has 1 aliphatic heterocycles. The van der Waals surface area contributed by atoms with Gasteiger partial charge in [0.15, 0.2) is 17.5 Å². The SMILES string of the molecule is CC(C)C[C@@H](NC(=O)[C@H](CC(=O)[C@H](N)Cc1ccccc1)Cc1ccccc1)C(=O)C[C@H](CCCN=C(N)N)C(=O)N1CCCOCC1. The predicted octanol–water partition coefficient (Wildman–Crippen LogP) is 2.78. The first-order valence-electron chi connectivity index (χ1n) is 17.1. The Hall–Kier alpha value is -4.09. The number of aliphatic imine (C=N–C) groups is 1. The fourth-order valence-corrected chi connectivity index (χ4v) is 6.03. The van der Waals surface area contributed by atoms with Crippen LogP contribution in [0.5, 0.6) is 0 Å². The molecule has 7 N–H and O–H groups in total. The second kappa shape index (κ2) is 20.3. The van der Waals surface area contributed by atoms with Gasteiger partial charge in [0.2, 0.25) is 11.8 Å². The van der Waals surface area contributed by atoms with Crippen molar-refractivity contribution in [2.45, 2.75) is 77.3 Å². The molecule has 2 aromatic carbocycles. The molecule has 11 nitrogen and oxygen atoms in total. The molecule has 2 aromatic rings. The van der Waals surface area contributed by atoms with Gasteiger partial charge < -0.3 is 32.2 Å². The van der Waals surface area contributed by atoms with Crippen molar-refractivity contribution in [1.29, 1.82) is 0 Å². The van der Waals surface area contributed by atoms with E-state index in [9.17, 15) is 19.2 Å². The van der Waals surface area contributed by atoms with Crippen LogP contribution >= 0.6 is 0 Å². The highest BCUT2D eigenvalue weighted by atomic mass is 16.5. The highest BCUT2D eigenvalue weighted by Crippen LogP contribution is 2.21. The third-order valence-electron chi connectivity index (χ3n) is 8.60. The van der Waals surface area contributed by atoms with E-state index >= 15 is 0 Å². The van der Waals surface area contributed by atoms with E-state index in [2.05, 4.69) is 10.3 Å². The number of ether oxygens (including phenoxy) is 1. The number of hydrogen-bond acceptors (Lipinski definition) is 7. The second-order valence-electron chi connectivity index (χ2n) is 13.2. The number of guanidine groups is 1. The van der Waals surface area contributed by atoms with Crippen LogP contribution in [-0.4, -0.2) is 79.2 Å². The lowest BCUT2D eigenvalue weighted by atomic mass is 9.87. The maximum Gasteiger partial charge on any atom is 0.226 e. The van der Waals surface area contributed by atoms with Gasteiger partial charge in [0.05, 0.1) is 18.7 Å². The molecule has 0 spiro atoms. The lowest BCUT2D eigenvalue weighted by Gasteiger charge is -2.28. The molecule has 0 aliphatic carbocycles. The Kier molecular flexibility index (Phi) is 16.2. The Balaban J connectivity index is 1.78. The third-order valence-corrected chi connectivity index (χ3v) is 8.60. The normalized spacial score (nSPS) is 15.9. The Morgan fingerprint density at radius 1 is 0.854 bits per heavy atom. The van der Waals surface area contributed by atoms with Crippen molar-refractivity contribution in [3.8, 4) is 0 Å². The van der Waals surface area contributed by atoms with Gasteiger partial charge in [-0.3, -0.25) is 24.2 Å². The molecule has 262 valence electrons. The van der Waals surface area contributed by atoms with Gasteiger partial charge in [0, 0.05) is 50.9 Å². The van der Waals surface area contributed by atoms with Crippen LogP contribution in [0.25, 0.3) is 0 Å². The number of rotatable bonds is 19. The third kappa shape index (κ3) is 13.6. The maximum atomic E-state index is 14.0. The molecule has 11 heteroatoms. The van der Waals surface area contributed by atoms with E-state index in [1.54, 1.807) is 4.90 Å². The topological polar surface area (TPSA) is 183 Å². The number of carbonyl (C=O) groups is 4. The van der Waals surface area contributed by atoms with Crippen molar-refractivity contribution in [2.24, 2.45) is 39.9 Å². The Morgan fingerprint density at radius 3 is 2.10 bits per heavy atom. The minimum Gasteiger partial charge on any atom is -0.380 e. The van der Waals surface area contributed by atoms with Gasteiger partial charge in [-0.05, 0) is 55.6 Å². The van der Waals surface area contributed by atoms with Crippen LogP contribution in [-0.2, 0) is 36.8 Å². The van der Waals surface area contributed by atoms with Crippen molar-refractivity contribution in [3.63, 3.8) is 0 Å². The summed E-state index contributed by atoms with van der Waals surface area (Å²) in [6.45, 7) is 6.37. The van der Waals surface area contributed by atoms with Crippen LogP contribution < -0.4 is 22.5 Å². The Morgan fingerprint density at radius 2 is 1.48 bits per heavy atom. The zero-order valence-electron chi connectivity index (χ0n) is 28.5. The molecule has 0 bridgehead atoms. The number of nitrogens with one attached hydrogen (secondary N) is 1. The van der Waals surface area contributed by atoms with E-state index in [0.717, 1.165) is 17.5 Å². The quantitative estimate of drug-likeness (QED) is 0.101. The summed E-state index contributed by atoms with van der Waals surface area (Å²) in [6, 6.07) is 17.5. The molecule has 0 radical (unpaired) electrons. The number of nitrogens with two attached hydrogens (primary N) is 3. The van der Waals surface area contributed by atoms with E-state index in [4.69, 9.17) is 21.9 Å². The van der Waals surface area contributed by atoms with Gasteiger partial charge in [-0.2, -0.15) is 0 Å². The van der Waals surface area contributed by atoms with Crippen molar-refractivity contribution < 1.29 is 23.9 Å². The van der Waals surface area contributed by atoms with E-state index in [0.29, 0.717) is 65.0 Å². The molecule has 1 aliphatic rings. The maximum absolute atomic E-state index is 14.0. The molecule has 3 rings (SSSR count). The van der Waals surface area contributed by atoms with Crippen LogP contribution in [0.1, 0.15) is 63.5 Å². The van der Waals surface area contributed by atoms with Crippen molar-refractivity contribution in [2.75, 3.05) is 32.8 Å². The van der Waals surface area contributed by atoms with Gasteiger partial charge in [-0.15, -0.1) is 0 Å². The van der Waals surface area contributed by atoms with Gasteiger partial charge in [-0.25, -0.2) is 0 Å². The van der Waals surface area contributed by atoms with E-state index in [-0.39, 0.29) is 48.1 Å². The molecule has 2 amide bonds. The zero-order chi connectivity index (χ0) is 34.9. The number of carbonyl (C=O) groups excluding carboxylic acids is 4. The summed E-state index contributed by atoms with van der Waals surface area (Å²) in [6.07, 6.45) is 2.68. The number of benzene rings is 2. The van der Waals surface area contributed by atoms with Gasteiger partial charge in [0.25, 0.3) is 0 Å². The Labute approximate surface area is 285 Å². The number of amides is 2. The highest BCUT2D eigenvalue weighted by molar-refractivity contribution is 5.94. The minimum absolute atomic E-state index is 0.0251. The average Bonchev–Trinajstić information content (AvgIpc) is 3.35. The van der Waals surface area contributed by atoms with E-state index in [1.807, 2.05) is 74.5 Å². The molecule has 0 saturated carbocycles. The first kappa shape index (κ1) is 38.4. The lowest BCUT2D eigenvalue weighted by Crippen LogP contribution is -2.47. The number of nitrogens with zero attached hydrogens (tertiary/aromatic N) is 2. The van der Waals surface area contributed by atoms with Gasteiger partial charge >= 0.3 is 0 Å². The number of ketones is 2. The summed E-state index contributed by atoms with van der Waals surface area (Å²) in [5, 5.41) is 3.00. The van der Waals surface area contributed by atoms with Crippen molar-refractivity contribution >= 4 is 29.3 Å². The first-order valence-corrected chi connectivity index (χ1v) is 17.1. The minimum atomic E-state index is -0.815. The summed E-state index contributed by atoms with van der Waals surface area (Å²) < 4.78 is 5.54. The highest BCUT2D eigenvalue weighted by Gasteiger charge is 2.33. The Bertz CT molecular complexity index is 1320. The standard InChI is InChI=1S/C37H54N6O5/c1-26(2)21-32(34(45)24-29(15-9-16-41-37(39)40)36(47)43-17-10-19-48-20-18-43)42-35(46)30(22-27-11-5-3-6-12-27)25-33(44)31(38)23-28-13-7-4-8-14-28/h3-8,11-14,26,29-32H,9-10,15-25,38H2,1-2H3,(H,42,46)(H4,39,40,41)/t29-,30-,31+,32+/m0/s1. The smallest absolute Gasteiger partial charge is 0.226 e. The lowest BCUT2D eigenvalue weighted by molar-refractivity contribution is -0.139. The molecule has 1 fully saturated rings. The van der Waals surface area contributed by atoms with Crippen LogP contribution in [0.2, 0.25) is 0 Å². The monoisotopic (exact) mass is 662 g/mol. The summed E-state index contributed by atoms with van der Waals surface area (Å²) >= 11 is 0. The summed E-state index contributed by atoms with van der Waals surface area (Å²) in [5.41, 5.74) is 19.1. The molecule has 4 atom stereocenters. The van der Waals surface area contributed by atoms with Crippen molar-refractivity contribution in [1.82, 2.24) is 10.2 Å². The largest absolute Gasteiger partial charge is 0.380 e. The van der Waals surface area contributed by atoms with Crippen LogP contribution in [0.15, 0.2) is 65.7 Å². The molecular weight excluding hydrogens is 608 g/mol. The molecule has 48 heavy (non-hydrogen) atoms. The van der Waals surface area contributed by atoms with Gasteiger partial charge in [0.1, 0.15) is 0 Å². The van der Waals surface area contributed by atoms with Crippen LogP contribution in [0.4, 0.5) is 0 Å². The first-order chi connectivity index (χ1) is 23.0. The van der Waals surface area contributed by atoms with Crippen molar-refractivity contribution in [3.05, 3.63) is 71.8 Å². The zero-order valence-corrected chi connectivity index (χ0v) is 28.5. The number of hydrogen-bond donors (Lipinski definition) is 4. The molecule has 0 aromatic heterocycles. The van der Waals surface area contributed by atoms with Gasteiger partial charge in [-0.1, -0.05) is 74.5 Å². The molecule has 0 unspecified atom stereocenters. The fourth-order valence-electron chi connectivity index (χ4n) is 6.03. The summed E-state index contributed by atoms with van der Waals surface area (Å²) in [7, 11) is 0. The summed E-state index contributed by atoms with van der Waals surface area (Å²) in [5.74, 6) is -2.16. The number of Topliss-reactive ketones (excluding diaryl/α,β-unsaturated/α-hetero) is 2. The molecule has 1 heterocycles. The molecular formula is C37H54N6O5. The fraction of sp³-hybridized carbons (Fsp3) is 0.541. The van der Waals surface area contributed by atoms with Crippen LogP contribution in [0.3, 0.4) is 0 Å². The van der Waals surface area contributed by atoms with E-state index < -0.39 is 23.9 Å². The molecule has 1 saturated heterocycles. The van der Waals surface area contributed by atoms with E-state index in [1.165, 1.54) is 0 Å². The average molecular weight is 663 g/mol.